The lowest BCUT2D eigenvalue weighted by molar-refractivity contribution is -0.111. The zero-order valence-electron chi connectivity index (χ0n) is 14.9. The van der Waals surface area contributed by atoms with Crippen LogP contribution in [0.2, 0.25) is 0 Å². The molecule has 3 aromatic rings. The van der Waals surface area contributed by atoms with E-state index in [1.807, 2.05) is 6.07 Å². The van der Waals surface area contributed by atoms with Gasteiger partial charge in [-0.1, -0.05) is 18.7 Å². The van der Waals surface area contributed by atoms with E-state index in [4.69, 9.17) is 0 Å². The van der Waals surface area contributed by atoms with Crippen LogP contribution in [0.3, 0.4) is 0 Å². The van der Waals surface area contributed by atoms with Crippen LogP contribution in [0.15, 0.2) is 55.3 Å². The lowest BCUT2D eigenvalue weighted by Crippen LogP contribution is -2.31. The molecule has 0 saturated heterocycles. The van der Waals surface area contributed by atoms with Gasteiger partial charge in [0.25, 0.3) is 5.91 Å². The highest BCUT2D eigenvalue weighted by Crippen LogP contribution is 2.30. The molecule has 3 N–H and O–H groups in total. The van der Waals surface area contributed by atoms with Gasteiger partial charge in [-0.05, 0) is 30.3 Å². The second-order valence-corrected chi connectivity index (χ2v) is 6.40. The summed E-state index contributed by atoms with van der Waals surface area (Å²) in [6.07, 6.45) is 3.01. The zero-order chi connectivity index (χ0) is 19.7. The van der Waals surface area contributed by atoms with Gasteiger partial charge in [-0.2, -0.15) is 0 Å². The highest BCUT2D eigenvalue weighted by Gasteiger charge is 2.21. The predicted octanol–water partition coefficient (Wildman–Crippen LogP) is 3.29. The van der Waals surface area contributed by atoms with Crippen LogP contribution in [0.5, 0.6) is 0 Å². The van der Waals surface area contributed by atoms with Crippen LogP contribution < -0.4 is 10.6 Å². The number of rotatable bonds is 4. The fourth-order valence-corrected chi connectivity index (χ4v) is 3.19. The number of aromatic nitrogens is 2. The fraction of sp³-hybridized carbons (Fsp3) is 0.0952. The number of nitrogens with zero attached hydrogens (tertiary/aromatic N) is 1. The maximum absolute atomic E-state index is 14.5. The van der Waals surface area contributed by atoms with Crippen molar-refractivity contribution in [1.82, 2.24) is 15.3 Å². The van der Waals surface area contributed by atoms with Crippen molar-refractivity contribution in [2.45, 2.75) is 6.42 Å². The van der Waals surface area contributed by atoms with E-state index in [0.29, 0.717) is 41.2 Å². The number of benzene rings is 1. The summed E-state index contributed by atoms with van der Waals surface area (Å²) in [5.41, 5.74) is 4.04. The Morgan fingerprint density at radius 3 is 2.89 bits per heavy atom. The number of carbonyl (C=O) groups is 2. The summed E-state index contributed by atoms with van der Waals surface area (Å²) in [6, 6.07) is 10.4. The van der Waals surface area contributed by atoms with Crippen molar-refractivity contribution in [3.8, 4) is 22.5 Å². The molecular weight excluding hydrogens is 359 g/mol. The quantitative estimate of drug-likeness (QED) is 0.611. The number of aromatic amines is 1. The molecule has 0 aliphatic carbocycles. The number of H-pyrrole nitrogens is 1. The van der Waals surface area contributed by atoms with E-state index in [2.05, 4.69) is 27.2 Å². The van der Waals surface area contributed by atoms with Gasteiger partial charge in [0.05, 0.1) is 17.5 Å². The van der Waals surface area contributed by atoms with E-state index in [-0.39, 0.29) is 11.8 Å². The third-order valence-electron chi connectivity index (χ3n) is 4.56. The van der Waals surface area contributed by atoms with Crippen LogP contribution in [-0.4, -0.2) is 28.3 Å². The number of halogens is 1. The number of anilines is 1. The summed E-state index contributed by atoms with van der Waals surface area (Å²) in [5, 5.41) is 5.46. The molecule has 2 aromatic heterocycles. The minimum Gasteiger partial charge on any atom is -0.358 e. The van der Waals surface area contributed by atoms with Gasteiger partial charge in [0.15, 0.2) is 5.82 Å². The summed E-state index contributed by atoms with van der Waals surface area (Å²) in [5.74, 6) is -0.969. The van der Waals surface area contributed by atoms with Crippen LogP contribution >= 0.6 is 0 Å². The number of amides is 2. The van der Waals surface area contributed by atoms with E-state index in [9.17, 15) is 14.0 Å². The standard InChI is InChI=1S/C21H17FN4O2/c1-2-20(27)25-13-5-3-4-12(8-13)18-9-14(16(22)11-24-18)19-10-15-17(26-19)6-7-23-21(15)28/h2-5,8-11,26H,1,6-7H2,(H,23,28)(H,25,27). The van der Waals surface area contributed by atoms with Gasteiger partial charge in [0.1, 0.15) is 0 Å². The van der Waals surface area contributed by atoms with Crippen molar-refractivity contribution in [2.24, 2.45) is 0 Å². The molecule has 0 spiro atoms. The molecule has 0 fully saturated rings. The van der Waals surface area contributed by atoms with Crippen LogP contribution in [0.25, 0.3) is 22.5 Å². The second-order valence-electron chi connectivity index (χ2n) is 6.40. The summed E-state index contributed by atoms with van der Waals surface area (Å²) in [7, 11) is 0. The van der Waals surface area contributed by atoms with Gasteiger partial charge >= 0.3 is 0 Å². The maximum atomic E-state index is 14.5. The second kappa shape index (κ2) is 7.11. The highest BCUT2D eigenvalue weighted by molar-refractivity contribution is 5.99. The molecule has 140 valence electrons. The summed E-state index contributed by atoms with van der Waals surface area (Å²) in [6.45, 7) is 3.98. The summed E-state index contributed by atoms with van der Waals surface area (Å²) >= 11 is 0. The number of carbonyl (C=O) groups excluding carboxylic acids is 2. The molecule has 4 rings (SSSR count). The molecule has 6 nitrogen and oxygen atoms in total. The van der Waals surface area contributed by atoms with Gasteiger partial charge in [-0.25, -0.2) is 4.39 Å². The number of pyridine rings is 1. The van der Waals surface area contributed by atoms with Gasteiger partial charge < -0.3 is 15.6 Å². The molecule has 1 aromatic carbocycles. The molecule has 0 unspecified atom stereocenters. The van der Waals surface area contributed by atoms with Crippen molar-refractivity contribution in [3.63, 3.8) is 0 Å². The lowest BCUT2D eigenvalue weighted by Gasteiger charge is -2.11. The van der Waals surface area contributed by atoms with Crippen LogP contribution in [-0.2, 0) is 11.2 Å². The van der Waals surface area contributed by atoms with Gasteiger partial charge in [0.2, 0.25) is 5.91 Å². The molecule has 1 aliphatic heterocycles. The van der Waals surface area contributed by atoms with E-state index in [1.54, 1.807) is 30.3 Å². The van der Waals surface area contributed by atoms with E-state index in [0.717, 1.165) is 17.5 Å². The monoisotopic (exact) mass is 376 g/mol. The Balaban J connectivity index is 1.72. The van der Waals surface area contributed by atoms with Crippen molar-refractivity contribution < 1.29 is 14.0 Å². The first-order valence-corrected chi connectivity index (χ1v) is 8.75. The Hall–Kier alpha value is -3.74. The van der Waals surface area contributed by atoms with E-state index < -0.39 is 5.82 Å². The molecular formula is C21H17FN4O2. The van der Waals surface area contributed by atoms with Crippen LogP contribution in [0, 0.1) is 5.82 Å². The third kappa shape index (κ3) is 3.29. The minimum absolute atomic E-state index is 0.163. The van der Waals surface area contributed by atoms with E-state index in [1.165, 1.54) is 6.08 Å². The molecule has 2 amide bonds. The van der Waals surface area contributed by atoms with Crippen molar-refractivity contribution in [3.05, 3.63) is 72.3 Å². The molecule has 1 aliphatic rings. The lowest BCUT2D eigenvalue weighted by atomic mass is 10.1. The molecule has 0 bridgehead atoms. The van der Waals surface area contributed by atoms with Crippen molar-refractivity contribution in [2.75, 3.05) is 11.9 Å². The topological polar surface area (TPSA) is 86.9 Å². The smallest absolute Gasteiger partial charge is 0.253 e. The zero-order valence-corrected chi connectivity index (χ0v) is 14.9. The van der Waals surface area contributed by atoms with Gasteiger partial charge in [0, 0.05) is 41.2 Å². The molecule has 3 heterocycles. The Morgan fingerprint density at radius 1 is 1.25 bits per heavy atom. The Labute approximate surface area is 160 Å². The largest absolute Gasteiger partial charge is 0.358 e. The Kier molecular flexibility index (Phi) is 4.49. The summed E-state index contributed by atoms with van der Waals surface area (Å²) in [4.78, 5) is 30.8. The first-order chi connectivity index (χ1) is 13.5. The van der Waals surface area contributed by atoms with Gasteiger partial charge in [-0.3, -0.25) is 14.6 Å². The number of fused-ring (bicyclic) bond motifs is 1. The van der Waals surface area contributed by atoms with Crippen LogP contribution in [0.4, 0.5) is 10.1 Å². The number of hydrogen-bond donors (Lipinski definition) is 3. The molecule has 0 saturated carbocycles. The fourth-order valence-electron chi connectivity index (χ4n) is 3.19. The molecule has 0 radical (unpaired) electrons. The average molecular weight is 376 g/mol. The number of hydrogen-bond acceptors (Lipinski definition) is 3. The van der Waals surface area contributed by atoms with Gasteiger partial charge in [-0.15, -0.1) is 0 Å². The number of nitrogens with one attached hydrogen (secondary N) is 3. The first kappa shape index (κ1) is 17.7. The van der Waals surface area contributed by atoms with Crippen molar-refractivity contribution in [1.29, 1.82) is 0 Å². The average Bonchev–Trinajstić information content (AvgIpc) is 3.14. The highest BCUT2D eigenvalue weighted by atomic mass is 19.1. The predicted molar refractivity (Wildman–Crippen MR) is 104 cm³/mol. The SMILES string of the molecule is C=CC(=O)Nc1cccc(-c2cc(-c3cc4c([nH]3)CCNC4=O)c(F)cn2)c1. The third-order valence-corrected chi connectivity index (χ3v) is 4.56. The summed E-state index contributed by atoms with van der Waals surface area (Å²) < 4.78 is 14.5. The first-order valence-electron chi connectivity index (χ1n) is 8.75. The Bertz CT molecular complexity index is 1100. The molecule has 28 heavy (non-hydrogen) atoms. The van der Waals surface area contributed by atoms with E-state index >= 15 is 0 Å². The maximum Gasteiger partial charge on any atom is 0.253 e. The Morgan fingerprint density at radius 2 is 2.11 bits per heavy atom. The molecule has 0 atom stereocenters. The normalized spacial score (nSPS) is 12.8. The van der Waals surface area contributed by atoms with Crippen molar-refractivity contribution >= 4 is 17.5 Å². The molecule has 7 heteroatoms. The minimum atomic E-state index is -0.487. The van der Waals surface area contributed by atoms with Crippen LogP contribution in [0.1, 0.15) is 16.1 Å².